The number of pyridine rings is 1. The maximum Gasteiger partial charge on any atom is 0.0622 e. The van der Waals surface area contributed by atoms with Crippen molar-refractivity contribution in [3.05, 3.63) is 29.6 Å². The molecule has 1 saturated heterocycles. The minimum absolute atomic E-state index is 0.516. The molecule has 2 heterocycles. The van der Waals surface area contributed by atoms with Crippen LogP contribution in [0.1, 0.15) is 43.0 Å². The number of likely N-dealkylation sites (tertiary alicyclic amines) is 1. The zero-order valence-corrected chi connectivity index (χ0v) is 10.4. The molecular formula is C14H19N3. The fourth-order valence-corrected chi connectivity index (χ4v) is 2.51. The molecule has 1 aromatic rings. The lowest BCUT2D eigenvalue weighted by molar-refractivity contribution is 0.255. The van der Waals surface area contributed by atoms with Crippen LogP contribution in [0.4, 0.5) is 0 Å². The molecule has 0 N–H and O–H groups in total. The number of unbranched alkanes of at least 4 members (excludes halogenated alkanes) is 1. The van der Waals surface area contributed by atoms with E-state index >= 15 is 0 Å². The van der Waals surface area contributed by atoms with Crippen LogP contribution in [0.2, 0.25) is 0 Å². The molecule has 3 heteroatoms. The number of hydrogen-bond acceptors (Lipinski definition) is 3. The van der Waals surface area contributed by atoms with Gasteiger partial charge in [0.05, 0.1) is 6.07 Å². The highest BCUT2D eigenvalue weighted by atomic mass is 15.2. The van der Waals surface area contributed by atoms with Gasteiger partial charge >= 0.3 is 0 Å². The first-order chi connectivity index (χ1) is 8.31. The van der Waals surface area contributed by atoms with E-state index in [1.54, 1.807) is 0 Å². The van der Waals surface area contributed by atoms with Crippen LogP contribution in [-0.2, 0) is 0 Å². The van der Waals surface area contributed by atoms with Crippen LogP contribution < -0.4 is 0 Å². The highest BCUT2D eigenvalue weighted by Crippen LogP contribution is 2.31. The van der Waals surface area contributed by atoms with E-state index in [9.17, 15) is 0 Å². The Morgan fingerprint density at radius 2 is 2.41 bits per heavy atom. The number of hydrogen-bond donors (Lipinski definition) is 0. The van der Waals surface area contributed by atoms with E-state index in [-0.39, 0.29) is 0 Å². The van der Waals surface area contributed by atoms with Gasteiger partial charge in [-0.05, 0) is 50.9 Å². The summed E-state index contributed by atoms with van der Waals surface area (Å²) in [6.07, 6.45) is 6.12. The number of nitrogens with zero attached hydrogens (tertiary/aromatic N) is 3. The SMILES string of the molecule is Cc1ccc([C@H]2CCCN2CCCC#N)cn1. The summed E-state index contributed by atoms with van der Waals surface area (Å²) in [5.74, 6) is 0. The molecule has 3 nitrogen and oxygen atoms in total. The Morgan fingerprint density at radius 1 is 1.53 bits per heavy atom. The van der Waals surface area contributed by atoms with Crippen LogP contribution in [0.3, 0.4) is 0 Å². The monoisotopic (exact) mass is 229 g/mol. The molecule has 0 saturated carbocycles. The molecule has 0 bridgehead atoms. The van der Waals surface area contributed by atoms with Gasteiger partial charge in [-0.2, -0.15) is 5.26 Å². The standard InChI is InChI=1S/C14H19N3/c1-12-6-7-13(11-16-12)14-5-4-10-17(14)9-3-2-8-15/h6-7,11,14H,2-5,9-10H2,1H3/t14-/m1/s1. The lowest BCUT2D eigenvalue weighted by Crippen LogP contribution is -2.24. The molecule has 1 aliphatic rings. The summed E-state index contributed by atoms with van der Waals surface area (Å²) in [4.78, 5) is 6.87. The Kier molecular flexibility index (Phi) is 4.11. The van der Waals surface area contributed by atoms with Crippen molar-refractivity contribution in [2.24, 2.45) is 0 Å². The van der Waals surface area contributed by atoms with Crippen molar-refractivity contribution in [1.82, 2.24) is 9.88 Å². The second-order valence-corrected chi connectivity index (χ2v) is 4.69. The average Bonchev–Trinajstić information content (AvgIpc) is 2.79. The second-order valence-electron chi connectivity index (χ2n) is 4.69. The van der Waals surface area contributed by atoms with Crippen LogP contribution in [0.15, 0.2) is 18.3 Å². The fourth-order valence-electron chi connectivity index (χ4n) is 2.51. The van der Waals surface area contributed by atoms with E-state index in [0.717, 1.165) is 25.2 Å². The minimum Gasteiger partial charge on any atom is -0.296 e. The van der Waals surface area contributed by atoms with E-state index in [0.29, 0.717) is 12.5 Å². The summed E-state index contributed by atoms with van der Waals surface area (Å²) < 4.78 is 0. The van der Waals surface area contributed by atoms with Crippen molar-refractivity contribution in [3.63, 3.8) is 0 Å². The molecule has 1 aliphatic heterocycles. The Labute approximate surface area is 103 Å². The normalized spacial score (nSPS) is 20.4. The van der Waals surface area contributed by atoms with Crippen molar-refractivity contribution in [3.8, 4) is 6.07 Å². The summed E-state index contributed by atoms with van der Waals surface area (Å²) in [5.41, 5.74) is 2.40. The molecule has 0 spiro atoms. The van der Waals surface area contributed by atoms with Crippen molar-refractivity contribution in [1.29, 1.82) is 5.26 Å². The first kappa shape index (κ1) is 12.1. The number of aromatic nitrogens is 1. The molecule has 1 fully saturated rings. The fraction of sp³-hybridized carbons (Fsp3) is 0.571. The topological polar surface area (TPSA) is 39.9 Å². The van der Waals surface area contributed by atoms with E-state index in [1.807, 2.05) is 13.1 Å². The molecule has 0 unspecified atom stereocenters. The first-order valence-corrected chi connectivity index (χ1v) is 6.35. The van der Waals surface area contributed by atoms with Gasteiger partial charge in [0, 0.05) is 24.4 Å². The van der Waals surface area contributed by atoms with Crippen LogP contribution in [-0.4, -0.2) is 23.0 Å². The number of aryl methyl sites for hydroxylation is 1. The summed E-state index contributed by atoms with van der Waals surface area (Å²) in [6, 6.07) is 7.00. The summed E-state index contributed by atoms with van der Waals surface area (Å²) in [5, 5.41) is 8.58. The van der Waals surface area contributed by atoms with E-state index in [4.69, 9.17) is 5.26 Å². The predicted molar refractivity (Wildman–Crippen MR) is 67.4 cm³/mol. The van der Waals surface area contributed by atoms with Crippen LogP contribution in [0.5, 0.6) is 0 Å². The van der Waals surface area contributed by atoms with Gasteiger partial charge in [-0.1, -0.05) is 6.07 Å². The first-order valence-electron chi connectivity index (χ1n) is 6.35. The largest absolute Gasteiger partial charge is 0.296 e. The Bertz CT molecular complexity index is 391. The van der Waals surface area contributed by atoms with Gasteiger partial charge in [-0.15, -0.1) is 0 Å². The molecular weight excluding hydrogens is 210 g/mol. The Hall–Kier alpha value is -1.40. The van der Waals surface area contributed by atoms with Crippen molar-refractivity contribution >= 4 is 0 Å². The van der Waals surface area contributed by atoms with Crippen molar-refractivity contribution in [2.75, 3.05) is 13.1 Å². The third-order valence-electron chi connectivity index (χ3n) is 3.42. The van der Waals surface area contributed by atoms with E-state index < -0.39 is 0 Å². The number of rotatable bonds is 4. The maximum atomic E-state index is 8.58. The molecule has 1 atom stereocenters. The van der Waals surface area contributed by atoms with E-state index in [2.05, 4.69) is 28.1 Å². The highest BCUT2D eigenvalue weighted by Gasteiger charge is 2.25. The van der Waals surface area contributed by atoms with Gasteiger partial charge < -0.3 is 0 Å². The highest BCUT2D eigenvalue weighted by molar-refractivity contribution is 5.18. The molecule has 17 heavy (non-hydrogen) atoms. The van der Waals surface area contributed by atoms with Gasteiger partial charge in [-0.3, -0.25) is 9.88 Å². The Morgan fingerprint density at radius 3 is 3.12 bits per heavy atom. The predicted octanol–water partition coefficient (Wildman–Crippen LogP) is 2.83. The summed E-state index contributed by atoms with van der Waals surface area (Å²) in [6.45, 7) is 4.21. The molecule has 2 rings (SSSR count). The Balaban J connectivity index is 1.99. The van der Waals surface area contributed by atoms with Crippen LogP contribution in [0.25, 0.3) is 0 Å². The quantitative estimate of drug-likeness (QED) is 0.745. The van der Waals surface area contributed by atoms with Crippen LogP contribution in [0, 0.1) is 18.3 Å². The minimum atomic E-state index is 0.516. The van der Waals surface area contributed by atoms with Gasteiger partial charge in [0.25, 0.3) is 0 Å². The second kappa shape index (κ2) is 5.79. The van der Waals surface area contributed by atoms with Gasteiger partial charge in [0.1, 0.15) is 0 Å². The average molecular weight is 229 g/mol. The molecule has 0 aliphatic carbocycles. The third kappa shape index (κ3) is 3.04. The van der Waals surface area contributed by atoms with Gasteiger partial charge in [0.2, 0.25) is 0 Å². The zero-order chi connectivity index (χ0) is 12.1. The third-order valence-corrected chi connectivity index (χ3v) is 3.42. The van der Waals surface area contributed by atoms with Crippen LogP contribution >= 0.6 is 0 Å². The smallest absolute Gasteiger partial charge is 0.0622 e. The van der Waals surface area contributed by atoms with Crippen molar-refractivity contribution in [2.45, 2.75) is 38.6 Å². The lowest BCUT2D eigenvalue weighted by Gasteiger charge is -2.24. The molecule has 0 amide bonds. The molecule has 1 aromatic heterocycles. The maximum absolute atomic E-state index is 8.58. The van der Waals surface area contributed by atoms with Gasteiger partial charge in [-0.25, -0.2) is 0 Å². The lowest BCUT2D eigenvalue weighted by atomic mass is 10.1. The van der Waals surface area contributed by atoms with Crippen molar-refractivity contribution < 1.29 is 0 Å². The summed E-state index contributed by atoms with van der Waals surface area (Å²) >= 11 is 0. The van der Waals surface area contributed by atoms with E-state index in [1.165, 1.54) is 18.4 Å². The zero-order valence-electron chi connectivity index (χ0n) is 10.4. The summed E-state index contributed by atoms with van der Waals surface area (Å²) in [7, 11) is 0. The molecule has 0 aromatic carbocycles. The molecule has 0 radical (unpaired) electrons. The van der Waals surface area contributed by atoms with Gasteiger partial charge in [0.15, 0.2) is 0 Å². The number of nitriles is 1. The molecule has 90 valence electrons.